The van der Waals surface area contributed by atoms with E-state index in [9.17, 15) is 14.4 Å². The summed E-state index contributed by atoms with van der Waals surface area (Å²) in [6.45, 7) is 0.944. The topological polar surface area (TPSA) is 96.9 Å². The van der Waals surface area contributed by atoms with Crippen molar-refractivity contribution in [3.63, 3.8) is 0 Å². The minimum atomic E-state index is -0.360. The third-order valence-corrected chi connectivity index (χ3v) is 2.67. The van der Waals surface area contributed by atoms with Gasteiger partial charge in [0, 0.05) is 31.5 Å². The van der Waals surface area contributed by atoms with Crippen LogP contribution in [0.1, 0.15) is 16.9 Å². The number of hydrogen-bond donors (Lipinski definition) is 2. The number of nitrogens with one attached hydrogen (secondary N) is 2. The Bertz CT molecular complexity index is 685. The lowest BCUT2D eigenvalue weighted by Crippen LogP contribution is -2.28. The average Bonchev–Trinajstić information content (AvgIpc) is 2.46. The van der Waals surface area contributed by atoms with Crippen molar-refractivity contribution in [1.29, 1.82) is 0 Å². The number of hydrogen-bond acceptors (Lipinski definition) is 4. The Labute approximate surface area is 114 Å². The molecule has 2 heterocycles. The summed E-state index contributed by atoms with van der Waals surface area (Å²) in [5.74, 6) is -0.360. The maximum Gasteiger partial charge on any atom is 0.271 e. The second kappa shape index (κ2) is 6.46. The monoisotopic (exact) mass is 274 g/mol. The highest BCUT2D eigenvalue weighted by Gasteiger charge is 2.05. The Balaban J connectivity index is 1.80. The first-order chi connectivity index (χ1) is 9.66. The van der Waals surface area contributed by atoms with Gasteiger partial charge in [0.25, 0.3) is 11.5 Å². The number of aryl methyl sites for hydroxylation is 1. The molecule has 0 spiro atoms. The zero-order valence-corrected chi connectivity index (χ0v) is 10.7. The summed E-state index contributed by atoms with van der Waals surface area (Å²) >= 11 is 0. The van der Waals surface area contributed by atoms with Gasteiger partial charge in [-0.25, -0.2) is 4.98 Å². The summed E-state index contributed by atoms with van der Waals surface area (Å²) in [5, 5.41) is 2.67. The van der Waals surface area contributed by atoms with Crippen LogP contribution in [0.4, 0.5) is 0 Å². The predicted octanol–water partition coefficient (Wildman–Crippen LogP) is -0.248. The molecule has 2 rings (SSSR count). The second-order valence-corrected chi connectivity index (χ2v) is 4.14. The third kappa shape index (κ3) is 3.64. The van der Waals surface area contributed by atoms with Gasteiger partial charge in [-0.15, -0.1) is 0 Å². The molecule has 104 valence electrons. The van der Waals surface area contributed by atoms with Crippen molar-refractivity contribution in [3.05, 3.63) is 63.2 Å². The van der Waals surface area contributed by atoms with Crippen LogP contribution < -0.4 is 16.4 Å². The van der Waals surface area contributed by atoms with Crippen molar-refractivity contribution in [2.24, 2.45) is 0 Å². The van der Waals surface area contributed by atoms with E-state index in [1.54, 1.807) is 22.9 Å². The van der Waals surface area contributed by atoms with Gasteiger partial charge in [0.1, 0.15) is 5.69 Å². The Morgan fingerprint density at radius 2 is 2.20 bits per heavy atom. The number of carbonyl (C=O) groups excluding carboxylic acids is 1. The Morgan fingerprint density at radius 1 is 1.35 bits per heavy atom. The van der Waals surface area contributed by atoms with E-state index in [4.69, 9.17) is 0 Å². The number of carbonyl (C=O) groups is 1. The van der Waals surface area contributed by atoms with Crippen molar-refractivity contribution in [1.82, 2.24) is 19.9 Å². The molecule has 0 aliphatic rings. The van der Waals surface area contributed by atoms with Crippen LogP contribution in [0.5, 0.6) is 0 Å². The molecular formula is C13H14N4O3. The summed E-state index contributed by atoms with van der Waals surface area (Å²) in [6, 6.07) is 4.95. The van der Waals surface area contributed by atoms with E-state index in [2.05, 4.69) is 15.3 Å². The summed E-state index contributed by atoms with van der Waals surface area (Å²) in [7, 11) is 0. The number of nitrogens with zero attached hydrogens (tertiary/aromatic N) is 2. The van der Waals surface area contributed by atoms with Crippen LogP contribution in [0.15, 0.2) is 46.4 Å². The van der Waals surface area contributed by atoms with E-state index >= 15 is 0 Å². The number of pyridine rings is 1. The van der Waals surface area contributed by atoms with Crippen LogP contribution in [0.3, 0.4) is 0 Å². The maximum absolute atomic E-state index is 11.7. The smallest absolute Gasteiger partial charge is 0.271 e. The molecule has 0 aliphatic heterocycles. The lowest BCUT2D eigenvalue weighted by atomic mass is 10.3. The molecule has 0 bridgehead atoms. The molecule has 0 atom stereocenters. The minimum absolute atomic E-state index is 0.0684. The lowest BCUT2D eigenvalue weighted by Gasteiger charge is -2.06. The van der Waals surface area contributed by atoms with Gasteiger partial charge < -0.3 is 14.9 Å². The fourth-order valence-corrected chi connectivity index (χ4v) is 1.65. The first-order valence-corrected chi connectivity index (χ1v) is 6.15. The van der Waals surface area contributed by atoms with Gasteiger partial charge in [0.05, 0.1) is 6.20 Å². The van der Waals surface area contributed by atoms with Crippen LogP contribution >= 0.6 is 0 Å². The molecule has 7 heteroatoms. The number of aromatic nitrogens is 3. The van der Waals surface area contributed by atoms with E-state index in [1.165, 1.54) is 12.3 Å². The first-order valence-electron chi connectivity index (χ1n) is 6.15. The molecule has 2 aromatic heterocycles. The molecule has 0 aromatic carbocycles. The van der Waals surface area contributed by atoms with Crippen molar-refractivity contribution in [3.8, 4) is 0 Å². The van der Waals surface area contributed by atoms with Crippen LogP contribution in [0.2, 0.25) is 0 Å². The highest BCUT2D eigenvalue weighted by Crippen LogP contribution is 1.90. The van der Waals surface area contributed by atoms with Gasteiger partial charge >= 0.3 is 0 Å². The largest absolute Gasteiger partial charge is 0.351 e. The number of rotatable bonds is 5. The zero-order valence-electron chi connectivity index (χ0n) is 10.7. The van der Waals surface area contributed by atoms with E-state index in [1.807, 2.05) is 0 Å². The molecule has 2 aromatic rings. The maximum atomic E-state index is 11.7. The molecule has 0 fully saturated rings. The van der Waals surface area contributed by atoms with E-state index < -0.39 is 0 Å². The highest BCUT2D eigenvalue weighted by atomic mass is 16.2. The Hall–Kier alpha value is -2.70. The molecule has 0 saturated heterocycles. The molecule has 0 unspecified atom stereocenters. The molecule has 7 nitrogen and oxygen atoms in total. The fraction of sp³-hybridized carbons (Fsp3) is 0.231. The summed E-state index contributed by atoms with van der Waals surface area (Å²) in [6.07, 6.45) is 4.64. The number of amides is 1. The van der Waals surface area contributed by atoms with E-state index in [0.717, 1.165) is 6.20 Å². The highest BCUT2D eigenvalue weighted by molar-refractivity contribution is 5.91. The van der Waals surface area contributed by atoms with Crippen LogP contribution in [0.25, 0.3) is 0 Å². The van der Waals surface area contributed by atoms with Gasteiger partial charge in [0.2, 0.25) is 5.56 Å². The van der Waals surface area contributed by atoms with Crippen LogP contribution in [-0.4, -0.2) is 27.0 Å². The summed E-state index contributed by atoms with van der Waals surface area (Å²) < 4.78 is 1.57. The predicted molar refractivity (Wildman–Crippen MR) is 72.5 cm³/mol. The molecule has 2 N–H and O–H groups in total. The van der Waals surface area contributed by atoms with Gasteiger partial charge in [-0.05, 0) is 12.5 Å². The van der Waals surface area contributed by atoms with Crippen molar-refractivity contribution < 1.29 is 4.79 Å². The molecule has 20 heavy (non-hydrogen) atoms. The van der Waals surface area contributed by atoms with Gasteiger partial charge in [0.15, 0.2) is 0 Å². The van der Waals surface area contributed by atoms with E-state index in [-0.39, 0.29) is 22.7 Å². The lowest BCUT2D eigenvalue weighted by molar-refractivity contribution is 0.0947. The number of H-pyrrole nitrogens is 1. The molecule has 0 radical (unpaired) electrons. The van der Waals surface area contributed by atoms with Crippen molar-refractivity contribution >= 4 is 5.91 Å². The Kier molecular flexibility index (Phi) is 4.43. The molecular weight excluding hydrogens is 260 g/mol. The standard InChI is InChI=1S/C13H14N4O3/c18-11-9-15-10(8-16-11)13(20)14-5-3-7-17-6-2-1-4-12(17)19/h1-2,4,6,8-9H,3,5,7H2,(H,14,20)(H,16,18). The van der Waals surface area contributed by atoms with Crippen LogP contribution in [-0.2, 0) is 6.54 Å². The minimum Gasteiger partial charge on any atom is -0.351 e. The van der Waals surface area contributed by atoms with Crippen molar-refractivity contribution in [2.75, 3.05) is 6.54 Å². The average molecular weight is 274 g/mol. The fourth-order valence-electron chi connectivity index (χ4n) is 1.65. The summed E-state index contributed by atoms with van der Waals surface area (Å²) in [5.41, 5.74) is -0.271. The van der Waals surface area contributed by atoms with Gasteiger partial charge in [-0.3, -0.25) is 14.4 Å². The SMILES string of the molecule is O=C(NCCCn1ccccc1=O)c1c[nH]c(=O)cn1. The van der Waals surface area contributed by atoms with Gasteiger partial charge in [-0.2, -0.15) is 0 Å². The van der Waals surface area contributed by atoms with Gasteiger partial charge in [-0.1, -0.05) is 6.07 Å². The normalized spacial score (nSPS) is 10.2. The second-order valence-electron chi connectivity index (χ2n) is 4.14. The summed E-state index contributed by atoms with van der Waals surface area (Å²) in [4.78, 5) is 40.0. The Morgan fingerprint density at radius 3 is 2.90 bits per heavy atom. The zero-order chi connectivity index (χ0) is 14.4. The number of aromatic amines is 1. The third-order valence-electron chi connectivity index (χ3n) is 2.67. The molecule has 1 amide bonds. The van der Waals surface area contributed by atoms with Crippen molar-refractivity contribution in [2.45, 2.75) is 13.0 Å². The molecule has 0 aliphatic carbocycles. The van der Waals surface area contributed by atoms with Crippen LogP contribution in [0, 0.1) is 0 Å². The quantitative estimate of drug-likeness (QED) is 0.735. The molecule has 0 saturated carbocycles. The first kappa shape index (κ1) is 13.7. The van der Waals surface area contributed by atoms with E-state index in [0.29, 0.717) is 19.5 Å².